The largest absolute Gasteiger partial charge is 0.488 e. The highest BCUT2D eigenvalue weighted by molar-refractivity contribution is 6.34. The predicted molar refractivity (Wildman–Crippen MR) is 103 cm³/mol. The summed E-state index contributed by atoms with van der Waals surface area (Å²) in [6.07, 6.45) is 1.74. The number of carbonyl (C=O) groups is 2. The van der Waals surface area contributed by atoms with Crippen LogP contribution in [0.25, 0.3) is 6.08 Å². The first-order valence-electron chi connectivity index (χ1n) is 7.80. The van der Waals surface area contributed by atoms with Crippen LogP contribution in [0.2, 0.25) is 10.0 Å². The van der Waals surface area contributed by atoms with Crippen molar-refractivity contribution >= 4 is 46.8 Å². The second kappa shape index (κ2) is 7.40. The molecule has 0 fully saturated rings. The summed E-state index contributed by atoms with van der Waals surface area (Å²) >= 11 is 12.2. The molecule has 2 aromatic carbocycles. The van der Waals surface area contributed by atoms with E-state index in [-0.39, 0.29) is 23.4 Å². The number of anilines is 1. The van der Waals surface area contributed by atoms with E-state index in [0.29, 0.717) is 27.6 Å². The van der Waals surface area contributed by atoms with Crippen LogP contribution in [0.15, 0.2) is 42.0 Å². The first-order valence-corrected chi connectivity index (χ1v) is 8.56. The second-order valence-electron chi connectivity index (χ2n) is 5.99. The second-order valence-corrected chi connectivity index (χ2v) is 6.83. The number of nitrogens with zero attached hydrogens (tertiary/aromatic N) is 1. The van der Waals surface area contributed by atoms with Gasteiger partial charge in [0.15, 0.2) is 0 Å². The fourth-order valence-corrected chi connectivity index (χ4v) is 2.94. The summed E-state index contributed by atoms with van der Waals surface area (Å²) in [5, 5.41) is 3.60. The lowest BCUT2D eigenvalue weighted by molar-refractivity contribution is -0.113. The molecule has 3 rings (SSSR count). The molecule has 0 atom stereocenters. The van der Waals surface area contributed by atoms with Crippen LogP contribution in [-0.2, 0) is 4.79 Å². The Balaban J connectivity index is 1.78. The van der Waals surface area contributed by atoms with Crippen molar-refractivity contribution in [1.29, 1.82) is 0 Å². The Morgan fingerprint density at radius 3 is 2.58 bits per heavy atom. The number of carbonyl (C=O) groups excluding carboxylic acids is 2. The number of hydrogen-bond donors (Lipinski definition) is 1. The van der Waals surface area contributed by atoms with Gasteiger partial charge in [-0.25, -0.2) is 0 Å². The molecule has 26 heavy (non-hydrogen) atoms. The normalized spacial score (nSPS) is 12.5. The Hall–Kier alpha value is -2.50. The van der Waals surface area contributed by atoms with Crippen molar-refractivity contribution in [1.82, 2.24) is 4.90 Å². The van der Waals surface area contributed by atoms with Crippen molar-refractivity contribution in [2.75, 3.05) is 26.0 Å². The van der Waals surface area contributed by atoms with Gasteiger partial charge in [-0.05, 0) is 42.5 Å². The summed E-state index contributed by atoms with van der Waals surface area (Å²) in [6.45, 7) is 0.158. The number of fused-ring (bicyclic) bond motifs is 1. The Bertz CT molecular complexity index is 923. The lowest BCUT2D eigenvalue weighted by Crippen LogP contribution is -2.23. The maximum absolute atomic E-state index is 12.5. The maximum Gasteiger partial charge on any atom is 0.255 e. The topological polar surface area (TPSA) is 58.6 Å². The third-order valence-electron chi connectivity index (χ3n) is 3.84. The van der Waals surface area contributed by atoms with Crippen LogP contribution in [0.1, 0.15) is 15.9 Å². The average Bonchev–Trinajstić information content (AvgIpc) is 2.60. The number of nitrogens with one attached hydrogen (secondary N) is 1. The lowest BCUT2D eigenvalue weighted by atomic mass is 10.1. The molecular formula is C19H16Cl2N2O3. The predicted octanol–water partition coefficient (Wildman–Crippen LogP) is 4.11. The van der Waals surface area contributed by atoms with Gasteiger partial charge in [-0.3, -0.25) is 9.59 Å². The third-order valence-corrected chi connectivity index (χ3v) is 4.39. The van der Waals surface area contributed by atoms with Crippen molar-refractivity contribution in [3.63, 3.8) is 0 Å². The molecule has 1 N–H and O–H groups in total. The summed E-state index contributed by atoms with van der Waals surface area (Å²) in [5.74, 6) is 0.170. The van der Waals surface area contributed by atoms with Crippen molar-refractivity contribution in [2.45, 2.75) is 0 Å². The molecule has 0 saturated heterocycles. The van der Waals surface area contributed by atoms with Gasteiger partial charge in [-0.2, -0.15) is 0 Å². The van der Waals surface area contributed by atoms with Gasteiger partial charge in [0.05, 0.1) is 16.2 Å². The minimum atomic E-state index is -0.307. The smallest absolute Gasteiger partial charge is 0.255 e. The van der Waals surface area contributed by atoms with Gasteiger partial charge in [0, 0.05) is 30.4 Å². The van der Waals surface area contributed by atoms with E-state index in [2.05, 4.69) is 5.32 Å². The fraction of sp³-hybridized carbons (Fsp3) is 0.158. The number of ether oxygens (including phenoxy) is 1. The van der Waals surface area contributed by atoms with Crippen molar-refractivity contribution in [3.8, 4) is 5.75 Å². The number of amides is 2. The molecule has 2 amide bonds. The third kappa shape index (κ3) is 3.84. The first kappa shape index (κ1) is 18.3. The molecule has 0 aromatic heterocycles. The molecule has 5 nitrogen and oxygen atoms in total. The van der Waals surface area contributed by atoms with Gasteiger partial charge in [0.2, 0.25) is 0 Å². The summed E-state index contributed by atoms with van der Waals surface area (Å²) in [5.41, 5.74) is 2.08. The van der Waals surface area contributed by atoms with Crippen molar-refractivity contribution in [3.05, 3.63) is 63.1 Å². The Kier molecular flexibility index (Phi) is 5.20. The molecule has 0 spiro atoms. The molecule has 0 unspecified atom stereocenters. The van der Waals surface area contributed by atoms with Crippen molar-refractivity contribution < 1.29 is 14.3 Å². The van der Waals surface area contributed by atoms with Crippen LogP contribution < -0.4 is 10.1 Å². The molecule has 0 radical (unpaired) electrons. The quantitative estimate of drug-likeness (QED) is 0.857. The van der Waals surface area contributed by atoms with Crippen LogP contribution in [0.4, 0.5) is 5.69 Å². The maximum atomic E-state index is 12.5. The van der Waals surface area contributed by atoms with E-state index >= 15 is 0 Å². The summed E-state index contributed by atoms with van der Waals surface area (Å²) in [6, 6.07) is 10.0. The highest BCUT2D eigenvalue weighted by Gasteiger charge is 2.19. The van der Waals surface area contributed by atoms with Gasteiger partial charge < -0.3 is 15.0 Å². The average molecular weight is 391 g/mol. The number of hydrogen-bond acceptors (Lipinski definition) is 3. The van der Waals surface area contributed by atoms with Crippen LogP contribution in [0.5, 0.6) is 5.75 Å². The van der Waals surface area contributed by atoms with E-state index in [4.69, 9.17) is 27.9 Å². The van der Waals surface area contributed by atoms with Gasteiger partial charge in [-0.15, -0.1) is 0 Å². The molecule has 1 heterocycles. The van der Waals surface area contributed by atoms with E-state index in [9.17, 15) is 9.59 Å². The zero-order valence-corrected chi connectivity index (χ0v) is 15.7. The molecule has 0 bridgehead atoms. The minimum absolute atomic E-state index is 0.158. The molecule has 0 aliphatic carbocycles. The van der Waals surface area contributed by atoms with Gasteiger partial charge in [0.1, 0.15) is 12.4 Å². The molecule has 0 saturated carbocycles. The molecule has 2 aromatic rings. The fourth-order valence-electron chi connectivity index (χ4n) is 2.50. The highest BCUT2D eigenvalue weighted by Crippen LogP contribution is 2.29. The first-order chi connectivity index (χ1) is 12.3. The monoisotopic (exact) mass is 390 g/mol. The minimum Gasteiger partial charge on any atom is -0.488 e. The number of rotatable bonds is 3. The van der Waals surface area contributed by atoms with E-state index in [0.717, 1.165) is 5.56 Å². The standard InChI is InChI=1S/C19H16Cl2N2O3/c1-23(2)19(25)15-5-4-14(9-16(15)21)22-18(24)12-7-11-8-13(20)3-6-17(11)26-10-12/h3-9H,10H2,1-2H3,(H,22,24). The number of halogens is 2. The van der Waals surface area contributed by atoms with Crippen LogP contribution in [-0.4, -0.2) is 37.4 Å². The van der Waals surface area contributed by atoms with Crippen LogP contribution >= 0.6 is 23.2 Å². The van der Waals surface area contributed by atoms with E-state index < -0.39 is 0 Å². The van der Waals surface area contributed by atoms with E-state index in [1.165, 1.54) is 4.90 Å². The highest BCUT2D eigenvalue weighted by atomic mass is 35.5. The van der Waals surface area contributed by atoms with Crippen LogP contribution in [0, 0.1) is 0 Å². The van der Waals surface area contributed by atoms with Gasteiger partial charge >= 0.3 is 0 Å². The summed E-state index contributed by atoms with van der Waals surface area (Å²) in [7, 11) is 3.29. The SMILES string of the molecule is CN(C)C(=O)c1ccc(NC(=O)C2=Cc3cc(Cl)ccc3OC2)cc1Cl. The molecule has 7 heteroatoms. The Morgan fingerprint density at radius 2 is 1.88 bits per heavy atom. The zero-order valence-electron chi connectivity index (χ0n) is 14.2. The molecular weight excluding hydrogens is 375 g/mol. The van der Waals surface area contributed by atoms with E-state index in [1.54, 1.807) is 56.6 Å². The summed E-state index contributed by atoms with van der Waals surface area (Å²) < 4.78 is 5.59. The molecule has 134 valence electrons. The summed E-state index contributed by atoms with van der Waals surface area (Å²) in [4.78, 5) is 25.9. The van der Waals surface area contributed by atoms with E-state index in [1.807, 2.05) is 0 Å². The number of benzene rings is 2. The van der Waals surface area contributed by atoms with Crippen LogP contribution in [0.3, 0.4) is 0 Å². The molecule has 1 aliphatic rings. The zero-order chi connectivity index (χ0) is 18.8. The molecule has 1 aliphatic heterocycles. The Labute approximate surface area is 161 Å². The van der Waals surface area contributed by atoms with Gasteiger partial charge in [-0.1, -0.05) is 23.2 Å². The van der Waals surface area contributed by atoms with Crippen molar-refractivity contribution in [2.24, 2.45) is 0 Å². The lowest BCUT2D eigenvalue weighted by Gasteiger charge is -2.18. The van der Waals surface area contributed by atoms with Gasteiger partial charge in [0.25, 0.3) is 11.8 Å². The Morgan fingerprint density at radius 1 is 1.12 bits per heavy atom.